The van der Waals surface area contributed by atoms with Gasteiger partial charge in [0.15, 0.2) is 0 Å². The molecule has 1 N–H and O–H groups in total. The maximum atomic E-state index is 13.5. The summed E-state index contributed by atoms with van der Waals surface area (Å²) in [5.41, 5.74) is -0.318. The number of nitro benzene ring substituents is 1. The van der Waals surface area contributed by atoms with Gasteiger partial charge in [-0.2, -0.15) is 0 Å². The molecule has 5 nitrogen and oxygen atoms in total. The summed E-state index contributed by atoms with van der Waals surface area (Å²) in [5.74, 6) is -2.12. The van der Waals surface area contributed by atoms with Crippen molar-refractivity contribution in [2.75, 3.05) is 0 Å². The highest BCUT2D eigenvalue weighted by molar-refractivity contribution is 5.95. The van der Waals surface area contributed by atoms with Crippen LogP contribution in [0.3, 0.4) is 0 Å². The van der Waals surface area contributed by atoms with Crippen molar-refractivity contribution in [1.29, 1.82) is 0 Å². The van der Waals surface area contributed by atoms with E-state index in [1.165, 1.54) is 18.2 Å². The summed E-state index contributed by atoms with van der Waals surface area (Å²) in [7, 11) is 0. The molecule has 0 unspecified atom stereocenters. The molecule has 0 spiro atoms. The van der Waals surface area contributed by atoms with E-state index in [4.69, 9.17) is 0 Å². The fourth-order valence-corrected chi connectivity index (χ4v) is 1.73. The van der Waals surface area contributed by atoms with Crippen molar-refractivity contribution in [3.05, 3.63) is 75.3 Å². The molecule has 7 heteroatoms. The zero-order chi connectivity index (χ0) is 15.4. The smallest absolute Gasteiger partial charge is 0.270 e. The predicted octanol–water partition coefficient (Wildman–Crippen LogP) is 2.80. The van der Waals surface area contributed by atoms with Gasteiger partial charge in [0.1, 0.15) is 11.6 Å². The Morgan fingerprint density at radius 1 is 1.19 bits per heavy atom. The van der Waals surface area contributed by atoms with Crippen LogP contribution >= 0.6 is 0 Å². The van der Waals surface area contributed by atoms with Crippen LogP contribution in [0.2, 0.25) is 0 Å². The van der Waals surface area contributed by atoms with Gasteiger partial charge < -0.3 is 5.32 Å². The lowest BCUT2D eigenvalue weighted by Crippen LogP contribution is -2.24. The number of amides is 1. The van der Waals surface area contributed by atoms with Gasteiger partial charge in [-0.1, -0.05) is 12.1 Å². The molecule has 0 atom stereocenters. The summed E-state index contributed by atoms with van der Waals surface area (Å²) in [6, 6.07) is 8.23. The third kappa shape index (κ3) is 3.59. The van der Waals surface area contributed by atoms with Crippen LogP contribution < -0.4 is 5.32 Å². The minimum Gasteiger partial charge on any atom is -0.348 e. The van der Waals surface area contributed by atoms with Crippen LogP contribution in [0, 0.1) is 21.7 Å². The van der Waals surface area contributed by atoms with Crippen molar-refractivity contribution in [3.8, 4) is 0 Å². The zero-order valence-electron chi connectivity index (χ0n) is 10.7. The Morgan fingerprint density at radius 3 is 2.62 bits per heavy atom. The summed E-state index contributed by atoms with van der Waals surface area (Å²) in [5, 5.41) is 13.0. The molecule has 0 heterocycles. The predicted molar refractivity (Wildman–Crippen MR) is 70.6 cm³/mol. The fraction of sp³-hybridized carbons (Fsp3) is 0.0714. The molecule has 0 saturated carbocycles. The summed E-state index contributed by atoms with van der Waals surface area (Å²) in [6.45, 7) is -0.0152. The topological polar surface area (TPSA) is 72.2 Å². The number of halogens is 2. The van der Waals surface area contributed by atoms with Crippen LogP contribution in [0.15, 0.2) is 42.5 Å². The Morgan fingerprint density at radius 2 is 1.95 bits per heavy atom. The first kappa shape index (κ1) is 14.6. The highest BCUT2D eigenvalue weighted by atomic mass is 19.1. The summed E-state index contributed by atoms with van der Waals surface area (Å²) in [4.78, 5) is 21.7. The van der Waals surface area contributed by atoms with Crippen LogP contribution in [0.5, 0.6) is 0 Å². The van der Waals surface area contributed by atoms with Gasteiger partial charge in [-0.25, -0.2) is 8.78 Å². The van der Waals surface area contributed by atoms with Crippen LogP contribution in [0.4, 0.5) is 14.5 Å². The third-order valence-electron chi connectivity index (χ3n) is 2.75. The van der Waals surface area contributed by atoms with Gasteiger partial charge in [0.25, 0.3) is 11.6 Å². The molecule has 0 saturated heterocycles. The standard InChI is InChI=1S/C14H10F2N2O3/c15-10-3-1-2-9(6-10)8-17-14(19)12-7-11(18(20)21)4-5-13(12)16/h1-7H,8H2,(H,17,19). The van der Waals surface area contributed by atoms with E-state index in [-0.39, 0.29) is 12.2 Å². The zero-order valence-corrected chi connectivity index (χ0v) is 10.7. The first-order valence-electron chi connectivity index (χ1n) is 5.94. The molecule has 0 aromatic heterocycles. The average Bonchev–Trinajstić information content (AvgIpc) is 2.45. The molecular formula is C14H10F2N2O3. The minimum atomic E-state index is -0.864. The molecule has 0 fully saturated rings. The molecule has 0 bridgehead atoms. The van der Waals surface area contributed by atoms with Gasteiger partial charge in [-0.15, -0.1) is 0 Å². The van der Waals surface area contributed by atoms with Crippen LogP contribution in [0.1, 0.15) is 15.9 Å². The first-order valence-corrected chi connectivity index (χ1v) is 5.94. The highest BCUT2D eigenvalue weighted by Crippen LogP contribution is 2.17. The van der Waals surface area contributed by atoms with E-state index < -0.39 is 28.0 Å². The van der Waals surface area contributed by atoms with Gasteiger partial charge in [-0.05, 0) is 23.8 Å². The van der Waals surface area contributed by atoms with E-state index in [9.17, 15) is 23.7 Å². The number of nitro groups is 1. The largest absolute Gasteiger partial charge is 0.348 e. The molecule has 0 aliphatic heterocycles. The van der Waals surface area contributed by atoms with Gasteiger partial charge >= 0.3 is 0 Å². The summed E-state index contributed by atoms with van der Waals surface area (Å²) >= 11 is 0. The van der Waals surface area contributed by atoms with E-state index in [0.29, 0.717) is 5.56 Å². The van der Waals surface area contributed by atoms with Crippen molar-refractivity contribution in [2.45, 2.75) is 6.54 Å². The number of nitrogens with zero attached hydrogens (tertiary/aromatic N) is 1. The second kappa shape index (κ2) is 6.08. The van der Waals surface area contributed by atoms with Crippen molar-refractivity contribution in [2.24, 2.45) is 0 Å². The number of benzene rings is 2. The van der Waals surface area contributed by atoms with Crippen molar-refractivity contribution in [3.63, 3.8) is 0 Å². The monoisotopic (exact) mass is 292 g/mol. The molecule has 0 aliphatic rings. The van der Waals surface area contributed by atoms with Crippen LogP contribution in [-0.4, -0.2) is 10.8 Å². The average molecular weight is 292 g/mol. The highest BCUT2D eigenvalue weighted by Gasteiger charge is 2.16. The van der Waals surface area contributed by atoms with Crippen LogP contribution in [0.25, 0.3) is 0 Å². The second-order valence-corrected chi connectivity index (χ2v) is 4.23. The molecule has 2 rings (SSSR count). The minimum absolute atomic E-state index is 0.0152. The van der Waals surface area contributed by atoms with E-state index in [1.807, 2.05) is 0 Å². The van der Waals surface area contributed by atoms with Gasteiger partial charge in [-0.3, -0.25) is 14.9 Å². The Balaban J connectivity index is 2.13. The lowest BCUT2D eigenvalue weighted by molar-refractivity contribution is -0.384. The fourth-order valence-electron chi connectivity index (χ4n) is 1.73. The van der Waals surface area contributed by atoms with Crippen LogP contribution in [-0.2, 0) is 6.54 Å². The van der Waals surface area contributed by atoms with Gasteiger partial charge in [0.2, 0.25) is 0 Å². The maximum absolute atomic E-state index is 13.5. The Labute approximate surface area is 118 Å². The Kier molecular flexibility index (Phi) is 4.22. The maximum Gasteiger partial charge on any atom is 0.270 e. The van der Waals surface area contributed by atoms with E-state index >= 15 is 0 Å². The lowest BCUT2D eigenvalue weighted by Gasteiger charge is -2.06. The molecular weight excluding hydrogens is 282 g/mol. The number of nitrogens with one attached hydrogen (secondary N) is 1. The number of carbonyl (C=O) groups excluding carboxylic acids is 1. The van der Waals surface area contributed by atoms with E-state index in [0.717, 1.165) is 18.2 Å². The Hall–Kier alpha value is -2.83. The number of hydrogen-bond acceptors (Lipinski definition) is 3. The molecule has 108 valence electrons. The molecule has 1 amide bonds. The SMILES string of the molecule is O=C(NCc1cccc(F)c1)c1cc([N+](=O)[O-])ccc1F. The van der Waals surface area contributed by atoms with Crippen molar-refractivity contribution >= 4 is 11.6 Å². The second-order valence-electron chi connectivity index (χ2n) is 4.23. The molecule has 0 aliphatic carbocycles. The number of hydrogen-bond donors (Lipinski definition) is 1. The third-order valence-corrected chi connectivity index (χ3v) is 2.75. The summed E-state index contributed by atoms with van der Waals surface area (Å²) < 4.78 is 26.5. The molecule has 2 aromatic carbocycles. The molecule has 2 aromatic rings. The van der Waals surface area contributed by atoms with Crippen molar-refractivity contribution in [1.82, 2.24) is 5.32 Å². The number of non-ortho nitro benzene ring substituents is 1. The molecule has 0 radical (unpaired) electrons. The Bertz CT molecular complexity index is 704. The van der Waals surface area contributed by atoms with E-state index in [1.54, 1.807) is 6.07 Å². The first-order chi connectivity index (χ1) is 9.97. The molecule has 21 heavy (non-hydrogen) atoms. The van der Waals surface area contributed by atoms with Gasteiger partial charge in [0, 0.05) is 18.7 Å². The number of carbonyl (C=O) groups is 1. The summed E-state index contributed by atoms with van der Waals surface area (Å²) in [6.07, 6.45) is 0. The lowest BCUT2D eigenvalue weighted by atomic mass is 10.1. The quantitative estimate of drug-likeness (QED) is 0.695. The number of rotatable bonds is 4. The normalized spacial score (nSPS) is 10.2. The van der Waals surface area contributed by atoms with Crippen molar-refractivity contribution < 1.29 is 18.5 Å². The van der Waals surface area contributed by atoms with Gasteiger partial charge in [0.05, 0.1) is 10.5 Å². The van der Waals surface area contributed by atoms with E-state index in [2.05, 4.69) is 5.32 Å².